The molecule has 0 spiro atoms. The molecule has 2 N–H and O–H groups in total. The van der Waals surface area contributed by atoms with Gasteiger partial charge in [0, 0.05) is 59.4 Å². The van der Waals surface area contributed by atoms with Crippen LogP contribution in [-0.2, 0) is 17.1 Å². The Bertz CT molecular complexity index is 234. The van der Waals surface area contributed by atoms with Crippen molar-refractivity contribution in [1.82, 2.24) is 14.7 Å². The van der Waals surface area contributed by atoms with Crippen molar-refractivity contribution < 1.29 is 22.5 Å². The van der Waals surface area contributed by atoms with Crippen LogP contribution >= 0.6 is 74.5 Å². The summed E-state index contributed by atoms with van der Waals surface area (Å²) in [7, 11) is 11.1. The standard InChI is InChI=1S/3C3H7NS2.Fe.H2O/c3*1-4(2)3(5)6;;/h3*1-2H3,(H,5,6);;1H2. The van der Waals surface area contributed by atoms with Gasteiger partial charge in [0.1, 0.15) is 13.0 Å². The molecule has 0 amide bonds. The summed E-state index contributed by atoms with van der Waals surface area (Å²) in [5.74, 6) is 0. The molecule has 0 aromatic carbocycles. The normalized spacial score (nSPS) is 7.05. The molecule has 0 radical (unpaired) electrons. The zero-order valence-corrected chi connectivity index (χ0v) is 18.5. The summed E-state index contributed by atoms with van der Waals surface area (Å²) in [5, 5.41) is 0. The fraction of sp³-hybridized carbons (Fsp3) is 0.667. The molecule has 0 bridgehead atoms. The first-order valence-corrected chi connectivity index (χ1v) is 7.20. The predicted molar refractivity (Wildman–Crippen MR) is 109 cm³/mol. The van der Waals surface area contributed by atoms with E-state index in [0.717, 1.165) is 0 Å². The molecule has 11 heteroatoms. The Morgan fingerprint density at radius 1 is 0.600 bits per heavy atom. The Balaban J connectivity index is -0.0000000536. The summed E-state index contributed by atoms with van der Waals surface area (Å²) < 4.78 is 1.86. The van der Waals surface area contributed by atoms with Gasteiger partial charge in [0.2, 0.25) is 0 Å². The van der Waals surface area contributed by atoms with Crippen LogP contribution < -0.4 is 0 Å². The molecule has 0 saturated heterocycles. The summed E-state index contributed by atoms with van der Waals surface area (Å²) in [5.41, 5.74) is 0. The molecule has 20 heavy (non-hydrogen) atoms. The van der Waals surface area contributed by atoms with Crippen molar-refractivity contribution in [1.29, 1.82) is 0 Å². The van der Waals surface area contributed by atoms with Crippen molar-refractivity contribution in [3.63, 3.8) is 0 Å². The zero-order chi connectivity index (χ0) is 15.5. The van der Waals surface area contributed by atoms with Crippen LogP contribution in [0.1, 0.15) is 0 Å². The molecule has 0 saturated carbocycles. The molecule has 0 aliphatic heterocycles. The van der Waals surface area contributed by atoms with Crippen molar-refractivity contribution in [3.05, 3.63) is 0 Å². The van der Waals surface area contributed by atoms with Gasteiger partial charge < -0.3 is 20.2 Å². The fourth-order valence-corrected chi connectivity index (χ4v) is 0. The van der Waals surface area contributed by atoms with E-state index in [1.807, 2.05) is 42.3 Å². The smallest absolute Gasteiger partial charge is 0.132 e. The first kappa shape index (κ1) is 33.0. The molecule has 124 valence electrons. The van der Waals surface area contributed by atoms with Gasteiger partial charge in [0.15, 0.2) is 0 Å². The van der Waals surface area contributed by atoms with E-state index in [9.17, 15) is 0 Å². The second-order valence-electron chi connectivity index (χ2n) is 3.53. The fourth-order valence-electron chi connectivity index (χ4n) is 0. The summed E-state index contributed by atoms with van der Waals surface area (Å²) >= 11 is 25.4. The van der Waals surface area contributed by atoms with Crippen LogP contribution in [0.4, 0.5) is 0 Å². The molecule has 0 unspecified atom stereocenters. The van der Waals surface area contributed by atoms with Crippen LogP contribution in [0.3, 0.4) is 0 Å². The Kier molecular flexibility index (Phi) is 33.3. The molecule has 4 nitrogen and oxygen atoms in total. The Hall–Kier alpha value is 1.20. The molecule has 0 aliphatic carbocycles. The number of thiocarbonyl (C=S) groups is 3. The maximum atomic E-state index is 4.61. The number of hydrogen-bond donors (Lipinski definition) is 3. The molecule has 0 aromatic heterocycles. The van der Waals surface area contributed by atoms with Crippen molar-refractivity contribution in [2.75, 3.05) is 42.3 Å². The molecular formula is C9H23FeN3OS6. The monoisotopic (exact) mass is 437 g/mol. The molecule has 0 rings (SSSR count). The van der Waals surface area contributed by atoms with Crippen LogP contribution in [0, 0.1) is 0 Å². The number of nitrogens with zero attached hydrogens (tertiary/aromatic N) is 3. The molecule has 0 heterocycles. The van der Waals surface area contributed by atoms with Gasteiger partial charge in [-0.2, -0.15) is 0 Å². The van der Waals surface area contributed by atoms with E-state index in [1.165, 1.54) is 0 Å². The summed E-state index contributed by atoms with van der Waals surface area (Å²) in [6.45, 7) is 0. The van der Waals surface area contributed by atoms with Gasteiger partial charge in [-0.1, -0.05) is 36.7 Å². The number of rotatable bonds is 0. The van der Waals surface area contributed by atoms with Crippen molar-refractivity contribution in [3.8, 4) is 0 Å². The molecule has 0 aliphatic rings. The maximum absolute atomic E-state index is 4.61. The molecule has 0 aromatic rings. The topological polar surface area (TPSA) is 41.2 Å². The van der Waals surface area contributed by atoms with Gasteiger partial charge >= 0.3 is 0 Å². The van der Waals surface area contributed by atoms with E-state index < -0.39 is 0 Å². The average molecular weight is 438 g/mol. The van der Waals surface area contributed by atoms with E-state index >= 15 is 0 Å². The maximum Gasteiger partial charge on any atom is 0.132 e. The van der Waals surface area contributed by atoms with Crippen LogP contribution in [0.2, 0.25) is 0 Å². The van der Waals surface area contributed by atoms with Gasteiger partial charge in [-0.25, -0.2) is 0 Å². The first-order valence-electron chi connectivity index (χ1n) is 4.64. The Morgan fingerprint density at radius 2 is 0.650 bits per heavy atom. The van der Waals surface area contributed by atoms with E-state index in [4.69, 9.17) is 0 Å². The van der Waals surface area contributed by atoms with E-state index in [0.29, 0.717) is 13.0 Å². The Morgan fingerprint density at radius 3 is 0.650 bits per heavy atom. The molecule has 0 fully saturated rings. The predicted octanol–water partition coefficient (Wildman–Crippen LogP) is 1.46. The van der Waals surface area contributed by atoms with Gasteiger partial charge in [-0.3, -0.25) is 0 Å². The number of thiol groups is 3. The van der Waals surface area contributed by atoms with E-state index in [-0.39, 0.29) is 22.5 Å². The number of hydrogen-bond acceptors (Lipinski definition) is 3. The second-order valence-corrected chi connectivity index (χ2v) is 6.87. The second kappa shape index (κ2) is 20.2. The largest absolute Gasteiger partial charge is 0.412 e. The third-order valence-electron chi connectivity index (χ3n) is 1.15. The van der Waals surface area contributed by atoms with Gasteiger partial charge in [-0.15, -0.1) is 37.9 Å². The minimum absolute atomic E-state index is 0. The SMILES string of the molecule is CN(C)C(=S)S.CN(C)C(=S)S.CN(C)C(=S)S.O.[Fe]. The molecule has 0 atom stereocenters. The minimum atomic E-state index is 0. The van der Waals surface area contributed by atoms with E-state index in [2.05, 4.69) is 74.5 Å². The minimum Gasteiger partial charge on any atom is -0.412 e. The third-order valence-corrected chi connectivity index (χ3v) is 3.44. The van der Waals surface area contributed by atoms with E-state index in [1.54, 1.807) is 14.7 Å². The van der Waals surface area contributed by atoms with Crippen molar-refractivity contribution in [2.45, 2.75) is 0 Å². The van der Waals surface area contributed by atoms with Crippen LogP contribution in [-0.4, -0.2) is 75.4 Å². The van der Waals surface area contributed by atoms with Crippen LogP contribution in [0.15, 0.2) is 0 Å². The van der Waals surface area contributed by atoms with Gasteiger partial charge in [0.05, 0.1) is 0 Å². The summed E-state index contributed by atoms with van der Waals surface area (Å²) in [6, 6.07) is 0. The van der Waals surface area contributed by atoms with Crippen molar-refractivity contribution >= 4 is 87.5 Å². The van der Waals surface area contributed by atoms with Crippen LogP contribution in [0.5, 0.6) is 0 Å². The van der Waals surface area contributed by atoms with Gasteiger partial charge in [-0.05, 0) is 0 Å². The van der Waals surface area contributed by atoms with Crippen LogP contribution in [0.25, 0.3) is 0 Å². The summed E-state index contributed by atoms with van der Waals surface area (Å²) in [4.78, 5) is 5.29. The average Bonchev–Trinajstić information content (AvgIpc) is 2.18. The third kappa shape index (κ3) is 36.5. The zero-order valence-electron chi connectivity index (χ0n) is 12.3. The summed E-state index contributed by atoms with van der Waals surface area (Å²) in [6.07, 6.45) is 0. The van der Waals surface area contributed by atoms with Crippen molar-refractivity contribution in [2.24, 2.45) is 0 Å². The Labute approximate surface area is 166 Å². The van der Waals surface area contributed by atoms with Gasteiger partial charge in [0.25, 0.3) is 0 Å². The molecular weight excluding hydrogens is 414 g/mol. The quantitative estimate of drug-likeness (QED) is 0.303. The first-order chi connectivity index (χ1) is 7.93.